The molecule has 5 fully saturated rings. The van der Waals surface area contributed by atoms with Crippen LogP contribution in [0.25, 0.3) is 57.6 Å². The number of rotatable bonds is 14. The number of sulfonamides is 1. The lowest BCUT2D eigenvalue weighted by atomic mass is 10.0. The first-order chi connectivity index (χ1) is 55.2. The number of amides is 12. The number of hydrogen-bond donors (Lipinski definition) is 5. The Balaban J connectivity index is 0.000000142. The second-order valence-electron chi connectivity index (χ2n) is 25.6. The van der Waals surface area contributed by atoms with Gasteiger partial charge in [0.25, 0.3) is 17.7 Å². The van der Waals surface area contributed by atoms with E-state index in [0.717, 1.165) is 53.1 Å². The summed E-state index contributed by atoms with van der Waals surface area (Å²) in [6, 6.07) is 23.8. The summed E-state index contributed by atoms with van der Waals surface area (Å²) in [5.74, 6) is 3.71. The number of aromatic nitrogens is 20. The first-order valence-corrected chi connectivity index (χ1v) is 37.6. The van der Waals surface area contributed by atoms with Crippen LogP contribution in [-0.4, -0.2) is 245 Å². The van der Waals surface area contributed by atoms with Crippen LogP contribution in [0.5, 0.6) is 0 Å². The highest BCUT2D eigenvalue weighted by molar-refractivity contribution is 7.88. The Morgan fingerprint density at radius 1 is 0.409 bits per heavy atom. The van der Waals surface area contributed by atoms with Crippen molar-refractivity contribution in [2.75, 3.05) is 78.8 Å². The van der Waals surface area contributed by atoms with E-state index in [4.69, 9.17) is 14.2 Å². The van der Waals surface area contributed by atoms with E-state index in [1.54, 1.807) is 121 Å². The van der Waals surface area contributed by atoms with Gasteiger partial charge < -0.3 is 14.2 Å². The minimum atomic E-state index is -3.73. The number of anilines is 5. The van der Waals surface area contributed by atoms with E-state index in [2.05, 4.69) is 126 Å². The molecule has 5 aliphatic heterocycles. The molecule has 5 N–H and O–H groups in total. The fourth-order valence-electron chi connectivity index (χ4n) is 11.2. The Kier molecular flexibility index (Phi) is 27.1. The third kappa shape index (κ3) is 22.5. The molecule has 0 saturated carbocycles. The first kappa shape index (κ1) is 82.2. The van der Waals surface area contributed by atoms with Crippen molar-refractivity contribution >= 4 is 87.5 Å². The zero-order valence-electron chi connectivity index (χ0n) is 63.3. The van der Waals surface area contributed by atoms with Crippen molar-refractivity contribution in [3.63, 3.8) is 0 Å². The number of hydrogen-bond acceptors (Lipinski definition) is 33. The molecule has 1 unspecified atom stereocenters. The van der Waals surface area contributed by atoms with Crippen molar-refractivity contribution in [1.29, 1.82) is 0 Å². The van der Waals surface area contributed by atoms with E-state index in [1.165, 1.54) is 6.92 Å². The van der Waals surface area contributed by atoms with Crippen molar-refractivity contribution in [3.05, 3.63) is 151 Å². The molecule has 10 aromatic heterocycles. The fraction of sp³-hybridized carbons (Fsp3) is 0.333. The van der Waals surface area contributed by atoms with Gasteiger partial charge in [-0.3, -0.25) is 75.6 Å². The smallest absolute Gasteiger partial charge is 0.341 e. The molecule has 0 radical (unpaired) electrons. The summed E-state index contributed by atoms with van der Waals surface area (Å²) in [7, 11) is -3.73. The summed E-state index contributed by atoms with van der Waals surface area (Å²) in [6.45, 7) is 13.5. The number of aryl methyl sites for hydroxylation is 5. The van der Waals surface area contributed by atoms with Gasteiger partial charge in [0, 0.05) is 64.3 Å². The molecule has 15 rings (SSSR count). The number of carbonyl (C=O) groups is 8. The Morgan fingerprint density at radius 2 is 0.730 bits per heavy atom. The van der Waals surface area contributed by atoms with Crippen LogP contribution in [0.4, 0.5) is 48.9 Å². The summed E-state index contributed by atoms with van der Waals surface area (Å²) < 4.78 is 39.9. The molecule has 43 heteroatoms. The Labute approximate surface area is 656 Å². The molecule has 12 amide bonds. The lowest BCUT2D eigenvalue weighted by molar-refractivity contribution is -0.133. The number of nitrogens with one attached hydrogen (secondary N) is 5. The molecule has 0 aromatic carbocycles. The largest absolute Gasteiger partial charge is 0.368 e. The molecule has 3 atom stereocenters. The fourth-order valence-corrected chi connectivity index (χ4v) is 12.0. The minimum absolute atomic E-state index is 0.00669. The molecule has 5 saturated heterocycles. The van der Waals surface area contributed by atoms with E-state index in [-0.39, 0.29) is 79.5 Å². The van der Waals surface area contributed by atoms with Gasteiger partial charge in [-0.2, -0.15) is 49.8 Å². The lowest BCUT2D eigenvalue weighted by Gasteiger charge is -2.21. The molecule has 0 aliphatic carbocycles. The number of pyridine rings is 5. The van der Waals surface area contributed by atoms with Crippen LogP contribution in [-0.2, 0) is 43.4 Å². The second kappa shape index (κ2) is 37.9. The number of urea groups is 4. The highest BCUT2D eigenvalue weighted by Gasteiger charge is 2.41. The zero-order valence-corrected chi connectivity index (χ0v) is 64.2. The van der Waals surface area contributed by atoms with Gasteiger partial charge in [-0.25, -0.2) is 66.6 Å². The maximum absolute atomic E-state index is 12.3. The molecule has 5 aliphatic rings. The molecule has 42 nitrogen and oxygen atoms in total. The number of carbonyl (C=O) groups excluding carboxylic acids is 8. The molecular weight excluding hydrogens is 1510 g/mol. The molecule has 0 spiro atoms. The molecule has 594 valence electrons. The molecule has 115 heavy (non-hydrogen) atoms. The van der Waals surface area contributed by atoms with Crippen LogP contribution < -0.4 is 26.6 Å². The minimum Gasteiger partial charge on any atom is -0.368 e. The monoisotopic (exact) mass is 1590 g/mol. The summed E-state index contributed by atoms with van der Waals surface area (Å²) in [4.78, 5) is 183. The first-order valence-electron chi connectivity index (χ1n) is 35.7. The predicted octanol–water partition coefficient (Wildman–Crippen LogP) is 6.00. The van der Waals surface area contributed by atoms with Gasteiger partial charge in [0.05, 0.1) is 25.9 Å². The van der Waals surface area contributed by atoms with Gasteiger partial charge >= 0.3 is 24.1 Å². The average Bonchev–Trinajstić information content (AvgIpc) is 1.68. The van der Waals surface area contributed by atoms with Crippen molar-refractivity contribution in [2.24, 2.45) is 0 Å². The number of ether oxygens (including phenoxy) is 3. The van der Waals surface area contributed by atoms with Crippen molar-refractivity contribution in [3.8, 4) is 57.6 Å². The normalized spacial score (nSPS) is 16.8. The van der Waals surface area contributed by atoms with Crippen LogP contribution >= 0.6 is 0 Å². The van der Waals surface area contributed by atoms with Gasteiger partial charge in [-0.05, 0) is 141 Å². The van der Waals surface area contributed by atoms with Crippen molar-refractivity contribution < 1.29 is 61.0 Å². The van der Waals surface area contributed by atoms with E-state index in [1.807, 2.05) is 42.5 Å². The Morgan fingerprint density at radius 3 is 1.01 bits per heavy atom. The predicted molar refractivity (Wildman–Crippen MR) is 408 cm³/mol. The molecule has 0 bridgehead atoms. The quantitative estimate of drug-likeness (QED) is 0.0833. The van der Waals surface area contributed by atoms with Gasteiger partial charge in [-0.15, -0.1) is 0 Å². The zero-order chi connectivity index (χ0) is 81.8. The summed E-state index contributed by atoms with van der Waals surface area (Å²) in [5, 5.41) is 12.9. The Hall–Kier alpha value is -13.8. The van der Waals surface area contributed by atoms with E-state index in [9.17, 15) is 46.8 Å². The van der Waals surface area contributed by atoms with Crippen LogP contribution in [0.1, 0.15) is 81.5 Å². The van der Waals surface area contributed by atoms with Gasteiger partial charge in [-0.1, -0.05) is 30.3 Å². The molecule has 15 heterocycles. The van der Waals surface area contributed by atoms with Crippen molar-refractivity contribution in [1.82, 2.24) is 119 Å². The SMILES string of the molecule is CC(=O)N1CCN(C(=O)Nc2nc(C)nc(-c3ccccn3)n2)C1=O.Cc1nc(NC(=O)C2(C)CCCO2)nc(-c2ccccn2)n1.Cc1nc(NC(=O)N2CCN(S(C)(=O)=O)C2=O)nc(-c2ccccn2)n1.Cc1nc(NC(=O)[C@@H]2CCCO2)nc(-c2ccccn2)n1.Cc1nc(NC(=O)[C@H]2CCCO2)nc(-c2ccccn2)n1. The number of nitrogens with zero attached hydrogens (tertiary/aromatic N) is 24. The molecular formula is C72H77N29O13S. The second-order valence-corrected chi connectivity index (χ2v) is 27.5. The molecule has 10 aromatic rings. The van der Waals surface area contributed by atoms with Gasteiger partial charge in [0.2, 0.25) is 45.7 Å². The topological polar surface area (TPSA) is 529 Å². The summed E-state index contributed by atoms with van der Waals surface area (Å²) in [5.41, 5.74) is 2.11. The van der Waals surface area contributed by atoms with Gasteiger partial charge in [0.1, 0.15) is 75.4 Å². The average molecular weight is 1590 g/mol. The van der Waals surface area contributed by atoms with Crippen LogP contribution in [0.2, 0.25) is 0 Å². The summed E-state index contributed by atoms with van der Waals surface area (Å²) >= 11 is 0. The van der Waals surface area contributed by atoms with Crippen molar-refractivity contribution in [2.45, 2.75) is 105 Å². The maximum Gasteiger partial charge on any atom is 0.341 e. The van der Waals surface area contributed by atoms with Gasteiger partial charge in [0.15, 0.2) is 29.1 Å². The highest BCUT2D eigenvalue weighted by Crippen LogP contribution is 2.28. The maximum atomic E-state index is 12.3. The van der Waals surface area contributed by atoms with Crippen LogP contribution in [0.15, 0.2) is 122 Å². The number of imide groups is 3. The van der Waals surface area contributed by atoms with E-state index in [0.29, 0.717) is 111 Å². The summed E-state index contributed by atoms with van der Waals surface area (Å²) in [6.07, 6.45) is 13.1. The highest BCUT2D eigenvalue weighted by atomic mass is 32.2. The van der Waals surface area contributed by atoms with E-state index >= 15 is 0 Å². The standard InChI is InChI=1S/C15H15N7O3.C15H17N5O2.C14H15N7O4S.2C14H15N5O2/c1-9-17-12(11-5-3-4-6-16-11)19-13(18-9)20-14(24)22-8-7-21(10(2)23)15(22)25;1-10-17-12(11-6-3-4-8-16-11)19-14(18-10)20-13(21)15(2)7-5-9-22-15;1-9-16-11(10-5-3-4-6-15-10)18-12(17-9)19-13(22)20-7-8-21(14(20)23)26(2,24)25;2*1-9-16-12(10-5-2-3-7-15-10)18-14(17-9)19-13(20)11-6-4-8-21-11/h3-6H,7-8H2,1-2H3,(H,17,18,19,20,24);3-4,6,8H,5,7,9H2,1-2H3,(H,17,18,19,20,21);3-6H,7-8H2,1-2H3,(H,16,17,18,19,22);2*2-3,5,7,11H,4,6,8H2,1H3,(H,16,17,18,19,20)/t;;;2*11-/m...10/s1. The lowest BCUT2D eigenvalue weighted by Crippen LogP contribution is -2.40. The third-order valence-corrected chi connectivity index (χ3v) is 17.9. The Bertz CT molecular complexity index is 5160. The van der Waals surface area contributed by atoms with Crippen LogP contribution in [0.3, 0.4) is 0 Å². The van der Waals surface area contributed by atoms with E-state index < -0.39 is 57.9 Å². The van der Waals surface area contributed by atoms with Crippen LogP contribution in [0, 0.1) is 34.6 Å². The third-order valence-electron chi connectivity index (χ3n) is 16.7.